The van der Waals surface area contributed by atoms with Gasteiger partial charge in [0.05, 0.1) is 31.7 Å². The molecule has 1 heterocycles. The maximum Gasteiger partial charge on any atom is 0.0922 e. The molecule has 0 aromatic heterocycles. The topological polar surface area (TPSA) is 0 Å². The van der Waals surface area contributed by atoms with Gasteiger partial charge in [0.2, 0.25) is 0 Å². The Bertz CT molecular complexity index is 323. The van der Waals surface area contributed by atoms with E-state index in [1.807, 2.05) is 0 Å². The summed E-state index contributed by atoms with van der Waals surface area (Å²) in [6, 6.07) is 10.7. The van der Waals surface area contributed by atoms with Crippen LogP contribution >= 0.6 is 7.26 Å². The van der Waals surface area contributed by atoms with Gasteiger partial charge in [-0.25, -0.2) is 0 Å². The molecule has 0 bridgehead atoms. The molecule has 0 aliphatic carbocycles. The van der Waals surface area contributed by atoms with Gasteiger partial charge in [0, 0.05) is 0 Å². The first-order valence-corrected chi connectivity index (χ1v) is 7.10. The Labute approximate surface area is 80.3 Å². The average molecular weight is 189 g/mol. The lowest BCUT2D eigenvalue weighted by Gasteiger charge is -2.11. The zero-order valence-corrected chi connectivity index (χ0v) is 8.74. The van der Waals surface area contributed by atoms with Crippen LogP contribution in [0.15, 0.2) is 54.1 Å². The second kappa shape index (κ2) is 3.47. The Morgan fingerprint density at radius 2 is 1.62 bits per heavy atom. The molecule has 0 fully saturated rings. The summed E-state index contributed by atoms with van der Waals surface area (Å²) in [6.45, 7) is 2.38. The van der Waals surface area contributed by atoms with Gasteiger partial charge in [-0.3, -0.25) is 0 Å². The van der Waals surface area contributed by atoms with Crippen molar-refractivity contribution in [3.05, 3.63) is 59.7 Å². The molecule has 0 saturated heterocycles. The van der Waals surface area contributed by atoms with Crippen LogP contribution in [0.5, 0.6) is 0 Å². The van der Waals surface area contributed by atoms with E-state index in [0.717, 1.165) is 0 Å². The van der Waals surface area contributed by atoms with Crippen LogP contribution in [0.3, 0.4) is 0 Å². The van der Waals surface area contributed by atoms with Crippen molar-refractivity contribution in [2.24, 2.45) is 0 Å². The average Bonchev–Trinajstić information content (AvgIpc) is 2.54. The van der Waals surface area contributed by atoms with Crippen molar-refractivity contribution in [3.8, 4) is 0 Å². The minimum atomic E-state index is -0.903. The first kappa shape index (κ1) is 8.72. The van der Waals surface area contributed by atoms with Crippen molar-refractivity contribution in [2.45, 2.75) is 6.16 Å². The standard InChI is InChI=1S/C12H14P/c1-13(9-5-6-10-13)11-12-7-3-2-4-8-12/h2-10H,11H2,1H3/q+1. The van der Waals surface area contributed by atoms with Gasteiger partial charge >= 0.3 is 0 Å². The Morgan fingerprint density at radius 1 is 1.00 bits per heavy atom. The summed E-state index contributed by atoms with van der Waals surface area (Å²) in [5, 5.41) is 0. The predicted octanol–water partition coefficient (Wildman–Crippen LogP) is 3.88. The number of rotatable bonds is 2. The largest absolute Gasteiger partial charge is 0.0922 e. The van der Waals surface area contributed by atoms with Crippen molar-refractivity contribution in [2.75, 3.05) is 6.66 Å². The fourth-order valence-corrected chi connectivity index (χ4v) is 3.92. The molecule has 0 nitrogen and oxygen atoms in total. The minimum absolute atomic E-state index is 0.903. The summed E-state index contributed by atoms with van der Waals surface area (Å²) in [6.07, 6.45) is 5.56. The summed E-state index contributed by atoms with van der Waals surface area (Å²) >= 11 is 0. The summed E-state index contributed by atoms with van der Waals surface area (Å²) in [5.74, 6) is 4.75. The molecule has 66 valence electrons. The molecule has 1 aromatic carbocycles. The second-order valence-electron chi connectivity index (χ2n) is 3.67. The van der Waals surface area contributed by atoms with Gasteiger partial charge in [0.1, 0.15) is 0 Å². The lowest BCUT2D eigenvalue weighted by molar-refractivity contribution is 1.39. The molecule has 0 radical (unpaired) electrons. The van der Waals surface area contributed by atoms with E-state index in [1.54, 1.807) is 0 Å². The normalized spacial score (nSPS) is 17.9. The number of benzene rings is 1. The molecule has 0 N–H and O–H groups in total. The van der Waals surface area contributed by atoms with Crippen LogP contribution in [0, 0.1) is 0 Å². The zero-order chi connectivity index (χ0) is 9.15. The molecule has 13 heavy (non-hydrogen) atoms. The molecular weight excluding hydrogens is 175 g/mol. The van der Waals surface area contributed by atoms with Gasteiger partial charge in [-0.05, 0) is 17.7 Å². The van der Waals surface area contributed by atoms with Gasteiger partial charge < -0.3 is 0 Å². The van der Waals surface area contributed by atoms with Gasteiger partial charge in [0.25, 0.3) is 0 Å². The third kappa shape index (κ3) is 2.08. The van der Waals surface area contributed by atoms with Crippen molar-refractivity contribution in [1.82, 2.24) is 0 Å². The van der Waals surface area contributed by atoms with Crippen LogP contribution in [0.4, 0.5) is 0 Å². The van der Waals surface area contributed by atoms with Crippen molar-refractivity contribution < 1.29 is 0 Å². The molecular formula is C12H14P+. The van der Waals surface area contributed by atoms with Crippen LogP contribution in [-0.4, -0.2) is 6.66 Å². The highest BCUT2D eigenvalue weighted by molar-refractivity contribution is 7.80. The van der Waals surface area contributed by atoms with E-state index in [2.05, 4.69) is 60.8 Å². The monoisotopic (exact) mass is 189 g/mol. The summed E-state index contributed by atoms with van der Waals surface area (Å²) in [7, 11) is -0.903. The van der Waals surface area contributed by atoms with Crippen molar-refractivity contribution in [3.63, 3.8) is 0 Å². The molecule has 0 unspecified atom stereocenters. The zero-order valence-electron chi connectivity index (χ0n) is 7.85. The third-order valence-electron chi connectivity index (χ3n) is 2.33. The van der Waals surface area contributed by atoms with Crippen LogP contribution < -0.4 is 0 Å². The maximum atomic E-state index is 2.38. The minimum Gasteiger partial charge on any atom is -0.0622 e. The Morgan fingerprint density at radius 3 is 2.23 bits per heavy atom. The van der Waals surface area contributed by atoms with Crippen LogP contribution in [0.1, 0.15) is 5.56 Å². The van der Waals surface area contributed by atoms with E-state index in [9.17, 15) is 0 Å². The van der Waals surface area contributed by atoms with Gasteiger partial charge in [-0.2, -0.15) is 0 Å². The Kier molecular flexibility index (Phi) is 2.33. The van der Waals surface area contributed by atoms with Crippen LogP contribution in [0.2, 0.25) is 0 Å². The highest BCUT2D eigenvalue weighted by atomic mass is 31.2. The van der Waals surface area contributed by atoms with Gasteiger partial charge in [0.15, 0.2) is 0 Å². The summed E-state index contributed by atoms with van der Waals surface area (Å²) < 4.78 is 0. The van der Waals surface area contributed by atoms with E-state index in [1.165, 1.54) is 11.7 Å². The quantitative estimate of drug-likeness (QED) is 0.619. The fraction of sp³-hybridized carbons (Fsp3) is 0.167. The molecule has 2 rings (SSSR count). The lowest BCUT2D eigenvalue weighted by atomic mass is 10.2. The molecule has 0 atom stereocenters. The van der Waals surface area contributed by atoms with Crippen LogP contribution in [0.25, 0.3) is 0 Å². The van der Waals surface area contributed by atoms with E-state index in [-0.39, 0.29) is 0 Å². The van der Waals surface area contributed by atoms with Crippen molar-refractivity contribution >= 4 is 7.26 Å². The van der Waals surface area contributed by atoms with E-state index >= 15 is 0 Å². The molecule has 0 amide bonds. The molecule has 1 heteroatoms. The Hall–Kier alpha value is -0.870. The second-order valence-corrected chi connectivity index (χ2v) is 7.28. The third-order valence-corrected chi connectivity index (χ3v) is 5.08. The fourth-order valence-electron chi connectivity index (χ4n) is 1.62. The van der Waals surface area contributed by atoms with Gasteiger partial charge in [-0.1, -0.05) is 30.3 Å². The predicted molar refractivity (Wildman–Crippen MR) is 61.3 cm³/mol. The Balaban J connectivity index is 2.15. The van der Waals surface area contributed by atoms with E-state index < -0.39 is 7.26 Å². The molecule has 1 aliphatic heterocycles. The molecule has 0 spiro atoms. The SMILES string of the molecule is C[P+]1(Cc2ccccc2)C=CC=C1. The number of hydrogen-bond donors (Lipinski definition) is 0. The first-order valence-electron chi connectivity index (χ1n) is 4.54. The molecule has 1 aromatic rings. The van der Waals surface area contributed by atoms with Crippen molar-refractivity contribution in [1.29, 1.82) is 0 Å². The smallest absolute Gasteiger partial charge is 0.0622 e. The first-order chi connectivity index (χ1) is 6.29. The number of allylic oxidation sites excluding steroid dienone is 2. The van der Waals surface area contributed by atoms with E-state index in [0.29, 0.717) is 0 Å². The lowest BCUT2D eigenvalue weighted by Crippen LogP contribution is -1.87. The van der Waals surface area contributed by atoms with Crippen LogP contribution in [-0.2, 0) is 6.16 Å². The summed E-state index contributed by atoms with van der Waals surface area (Å²) in [5.41, 5.74) is 1.45. The summed E-state index contributed by atoms with van der Waals surface area (Å²) in [4.78, 5) is 0. The molecule has 1 aliphatic rings. The number of hydrogen-bond acceptors (Lipinski definition) is 0. The molecule has 0 saturated carbocycles. The maximum absolute atomic E-state index is 2.38. The highest BCUT2D eigenvalue weighted by Gasteiger charge is 2.27. The highest BCUT2D eigenvalue weighted by Crippen LogP contribution is 2.63. The van der Waals surface area contributed by atoms with Gasteiger partial charge in [-0.15, -0.1) is 0 Å². The van der Waals surface area contributed by atoms with E-state index in [4.69, 9.17) is 0 Å².